The molecule has 98 valence electrons. The van der Waals surface area contributed by atoms with E-state index < -0.39 is 0 Å². The number of nitrogens with one attached hydrogen (secondary N) is 1. The van der Waals surface area contributed by atoms with Crippen LogP contribution < -0.4 is 5.32 Å². The monoisotopic (exact) mass is 230 g/mol. The summed E-state index contributed by atoms with van der Waals surface area (Å²) in [7, 11) is 2.11. The van der Waals surface area contributed by atoms with E-state index in [-0.39, 0.29) is 12.5 Å². The Morgan fingerprint density at radius 2 is 1.56 bits per heavy atom. The predicted molar refractivity (Wildman–Crippen MR) is 70.3 cm³/mol. The van der Waals surface area contributed by atoms with Crippen LogP contribution in [-0.2, 0) is 4.74 Å². The first-order valence-electron chi connectivity index (χ1n) is 6.42. The molecule has 0 radical (unpaired) electrons. The maximum Gasteiger partial charge on any atom is 0.109 e. The first-order valence-corrected chi connectivity index (χ1v) is 6.42. The van der Waals surface area contributed by atoms with Gasteiger partial charge in [0, 0.05) is 6.54 Å². The molecule has 0 aromatic rings. The Balaban J connectivity index is 3.80. The maximum atomic E-state index is 5.88. The molecule has 2 atom stereocenters. The molecule has 0 bridgehead atoms. The van der Waals surface area contributed by atoms with Crippen molar-refractivity contribution in [1.29, 1.82) is 0 Å². The molecular formula is C13H30N2O. The molecule has 16 heavy (non-hydrogen) atoms. The minimum Gasteiger partial charge on any atom is -0.346 e. The van der Waals surface area contributed by atoms with Crippen molar-refractivity contribution in [2.24, 2.45) is 11.8 Å². The molecular weight excluding hydrogens is 200 g/mol. The number of nitrogens with zero attached hydrogens (tertiary/aromatic N) is 1. The number of hydrogen-bond donors (Lipinski definition) is 1. The fraction of sp³-hybridized carbons (Fsp3) is 1.00. The van der Waals surface area contributed by atoms with Crippen molar-refractivity contribution in [2.45, 2.75) is 54.0 Å². The van der Waals surface area contributed by atoms with Gasteiger partial charge in [-0.15, -0.1) is 0 Å². The molecule has 0 rings (SSSR count). The van der Waals surface area contributed by atoms with E-state index in [4.69, 9.17) is 4.74 Å². The van der Waals surface area contributed by atoms with Crippen LogP contribution in [0.1, 0.15) is 41.5 Å². The number of hydrogen-bond acceptors (Lipinski definition) is 3. The predicted octanol–water partition coefficient (Wildman–Crippen LogP) is 2.53. The van der Waals surface area contributed by atoms with E-state index in [2.05, 4.69) is 58.8 Å². The summed E-state index contributed by atoms with van der Waals surface area (Å²) >= 11 is 0. The summed E-state index contributed by atoms with van der Waals surface area (Å²) in [5.41, 5.74) is 0. The first-order chi connectivity index (χ1) is 7.32. The minimum absolute atomic E-state index is 0.118. The molecule has 0 saturated carbocycles. The first kappa shape index (κ1) is 15.9. The quantitative estimate of drug-likeness (QED) is 0.649. The summed E-state index contributed by atoms with van der Waals surface area (Å²) in [5.74, 6) is 1.34. The lowest BCUT2D eigenvalue weighted by Crippen LogP contribution is -2.41. The Morgan fingerprint density at radius 3 is 2.00 bits per heavy atom. The fourth-order valence-corrected chi connectivity index (χ4v) is 1.57. The minimum atomic E-state index is 0.118. The smallest absolute Gasteiger partial charge is 0.109 e. The van der Waals surface area contributed by atoms with Crippen molar-refractivity contribution in [2.75, 3.05) is 20.1 Å². The Hall–Kier alpha value is -0.120. The Labute approximate surface area is 102 Å². The highest BCUT2D eigenvalue weighted by Gasteiger charge is 2.13. The zero-order valence-electron chi connectivity index (χ0n) is 12.1. The van der Waals surface area contributed by atoms with Crippen LogP contribution in [-0.4, -0.2) is 37.5 Å². The SMILES string of the molecule is CC(C)CNC(C)OC(C)N(C)CC(C)C. The zero-order valence-corrected chi connectivity index (χ0v) is 12.1. The average molecular weight is 230 g/mol. The van der Waals surface area contributed by atoms with Gasteiger partial charge in [-0.2, -0.15) is 0 Å². The molecule has 2 unspecified atom stereocenters. The molecule has 3 nitrogen and oxygen atoms in total. The average Bonchev–Trinajstić information content (AvgIpc) is 2.13. The van der Waals surface area contributed by atoms with Crippen LogP contribution in [0.5, 0.6) is 0 Å². The van der Waals surface area contributed by atoms with Gasteiger partial charge in [-0.1, -0.05) is 27.7 Å². The van der Waals surface area contributed by atoms with Crippen LogP contribution in [0.4, 0.5) is 0 Å². The van der Waals surface area contributed by atoms with E-state index in [9.17, 15) is 0 Å². The molecule has 0 aliphatic carbocycles. The van der Waals surface area contributed by atoms with Crippen LogP contribution >= 0.6 is 0 Å². The van der Waals surface area contributed by atoms with Crippen LogP contribution in [0.3, 0.4) is 0 Å². The molecule has 0 aromatic heterocycles. The lowest BCUT2D eigenvalue weighted by molar-refractivity contribution is -0.0879. The summed E-state index contributed by atoms with van der Waals surface area (Å²) in [6, 6.07) is 0. The highest BCUT2D eigenvalue weighted by atomic mass is 16.5. The lowest BCUT2D eigenvalue weighted by Gasteiger charge is -2.29. The zero-order chi connectivity index (χ0) is 12.7. The maximum absolute atomic E-state index is 5.88. The van der Waals surface area contributed by atoms with E-state index in [0.29, 0.717) is 11.8 Å². The van der Waals surface area contributed by atoms with Gasteiger partial charge in [0.05, 0.1) is 0 Å². The molecule has 0 fully saturated rings. The van der Waals surface area contributed by atoms with Crippen molar-refractivity contribution in [3.63, 3.8) is 0 Å². The van der Waals surface area contributed by atoms with Crippen molar-refractivity contribution in [3.8, 4) is 0 Å². The third-order valence-electron chi connectivity index (χ3n) is 2.49. The van der Waals surface area contributed by atoms with Gasteiger partial charge < -0.3 is 4.74 Å². The summed E-state index contributed by atoms with van der Waals surface area (Å²) in [6.07, 6.45) is 0.282. The summed E-state index contributed by atoms with van der Waals surface area (Å²) in [6.45, 7) is 15.1. The summed E-state index contributed by atoms with van der Waals surface area (Å²) in [4.78, 5) is 2.25. The number of ether oxygens (including phenoxy) is 1. The van der Waals surface area contributed by atoms with Crippen molar-refractivity contribution in [3.05, 3.63) is 0 Å². The van der Waals surface area contributed by atoms with Crippen molar-refractivity contribution >= 4 is 0 Å². The van der Waals surface area contributed by atoms with Crippen molar-refractivity contribution in [1.82, 2.24) is 10.2 Å². The normalized spacial score (nSPS) is 16.1. The Kier molecular flexibility index (Phi) is 7.98. The molecule has 3 heteroatoms. The molecule has 0 amide bonds. The molecule has 0 saturated heterocycles. The van der Waals surface area contributed by atoms with E-state index in [0.717, 1.165) is 13.1 Å². The Morgan fingerprint density at radius 1 is 1.00 bits per heavy atom. The van der Waals surface area contributed by atoms with Gasteiger partial charge in [0.2, 0.25) is 0 Å². The number of rotatable bonds is 8. The largest absolute Gasteiger partial charge is 0.346 e. The van der Waals surface area contributed by atoms with Gasteiger partial charge in [0.1, 0.15) is 12.5 Å². The van der Waals surface area contributed by atoms with E-state index in [1.54, 1.807) is 0 Å². The van der Waals surface area contributed by atoms with E-state index in [1.807, 2.05) is 0 Å². The standard InChI is InChI=1S/C13H30N2O/c1-10(2)8-14-12(5)16-13(6)15(7)9-11(3)4/h10-14H,8-9H2,1-7H3. The van der Waals surface area contributed by atoms with Gasteiger partial charge in [0.15, 0.2) is 0 Å². The fourth-order valence-electron chi connectivity index (χ4n) is 1.57. The molecule has 0 spiro atoms. The third-order valence-corrected chi connectivity index (χ3v) is 2.49. The topological polar surface area (TPSA) is 24.5 Å². The third kappa shape index (κ3) is 8.08. The van der Waals surface area contributed by atoms with Crippen LogP contribution in [0.15, 0.2) is 0 Å². The molecule has 0 aromatic carbocycles. The second-order valence-corrected chi connectivity index (χ2v) is 5.51. The van der Waals surface area contributed by atoms with Gasteiger partial charge in [0.25, 0.3) is 0 Å². The Bertz CT molecular complexity index is 171. The second-order valence-electron chi connectivity index (χ2n) is 5.51. The van der Waals surface area contributed by atoms with E-state index >= 15 is 0 Å². The lowest BCUT2D eigenvalue weighted by atomic mass is 10.2. The summed E-state index contributed by atoms with van der Waals surface area (Å²) in [5, 5.41) is 3.37. The van der Waals surface area contributed by atoms with Gasteiger partial charge in [-0.3, -0.25) is 10.2 Å². The van der Waals surface area contributed by atoms with Crippen LogP contribution in [0.2, 0.25) is 0 Å². The van der Waals surface area contributed by atoms with Crippen molar-refractivity contribution < 1.29 is 4.74 Å². The highest BCUT2D eigenvalue weighted by Crippen LogP contribution is 2.05. The highest BCUT2D eigenvalue weighted by molar-refractivity contribution is 4.59. The van der Waals surface area contributed by atoms with Gasteiger partial charge in [-0.25, -0.2) is 0 Å². The molecule has 0 aliphatic heterocycles. The van der Waals surface area contributed by atoms with Gasteiger partial charge >= 0.3 is 0 Å². The van der Waals surface area contributed by atoms with Crippen LogP contribution in [0, 0.1) is 11.8 Å². The van der Waals surface area contributed by atoms with Gasteiger partial charge in [-0.05, 0) is 39.3 Å². The molecule has 0 heterocycles. The van der Waals surface area contributed by atoms with Crippen LogP contribution in [0.25, 0.3) is 0 Å². The molecule has 1 N–H and O–H groups in total. The van der Waals surface area contributed by atoms with E-state index in [1.165, 1.54) is 0 Å². The second kappa shape index (κ2) is 8.04. The summed E-state index contributed by atoms with van der Waals surface area (Å²) < 4.78 is 5.88. The molecule has 0 aliphatic rings.